The van der Waals surface area contributed by atoms with Gasteiger partial charge in [-0.3, -0.25) is 28.9 Å². The number of urea groups is 1. The van der Waals surface area contributed by atoms with Gasteiger partial charge in [0.1, 0.15) is 36.9 Å². The van der Waals surface area contributed by atoms with E-state index < -0.39 is 82.3 Å². The molecule has 2 aliphatic heterocycles. The lowest BCUT2D eigenvalue weighted by atomic mass is 10.1. The van der Waals surface area contributed by atoms with E-state index in [2.05, 4.69) is 65.8 Å². The lowest BCUT2D eigenvalue weighted by Crippen LogP contribution is -2.54. The van der Waals surface area contributed by atoms with Crippen LogP contribution in [0.5, 0.6) is 5.75 Å². The highest BCUT2D eigenvalue weighted by Crippen LogP contribution is 2.30. The Morgan fingerprint density at radius 3 is 2.21 bits per heavy atom. The largest absolute Gasteiger partial charge is 0.492 e. The number of hydroxylamine groups is 2. The summed E-state index contributed by atoms with van der Waals surface area (Å²) in [6.07, 6.45) is 4.78. The average Bonchev–Trinajstić information content (AvgIpc) is 4.25. The molecule has 458 valence electrons. The third-order valence-corrected chi connectivity index (χ3v) is 14.9. The van der Waals surface area contributed by atoms with Crippen molar-refractivity contribution in [1.82, 2.24) is 50.6 Å². The molecule has 0 aliphatic carbocycles. The first-order valence-electron chi connectivity index (χ1n) is 27.6. The van der Waals surface area contributed by atoms with Gasteiger partial charge in [0.25, 0.3) is 5.91 Å². The molecule has 26 nitrogen and oxygen atoms in total. The molecule has 0 spiro atoms. The second-order valence-electron chi connectivity index (χ2n) is 21.1. The van der Waals surface area contributed by atoms with E-state index in [1.807, 2.05) is 5.48 Å². The molecule has 0 bridgehead atoms. The Hall–Kier alpha value is -7.50. The first-order valence-corrected chi connectivity index (χ1v) is 30.2. The number of hydrogen-bond acceptors (Lipinski definition) is 17. The Balaban J connectivity index is 0.00000421. The average molecular weight is 1250 g/mol. The third kappa shape index (κ3) is 21.3. The van der Waals surface area contributed by atoms with E-state index in [4.69, 9.17) is 25.1 Å². The monoisotopic (exact) mass is 1250 g/mol. The van der Waals surface area contributed by atoms with Crippen molar-refractivity contribution in [2.24, 2.45) is 5.73 Å². The van der Waals surface area contributed by atoms with E-state index in [9.17, 15) is 42.0 Å². The molecule has 2 aliphatic rings. The van der Waals surface area contributed by atoms with Crippen molar-refractivity contribution in [3.8, 4) is 5.75 Å². The molecule has 3 heterocycles. The number of likely N-dealkylation sites (N-methyl/N-ethyl adjacent to an activating group) is 2. The molecule has 3 aromatic carbocycles. The normalized spacial score (nSPS) is 14.5. The summed E-state index contributed by atoms with van der Waals surface area (Å²) < 4.78 is 40.7. The molecule has 6 rings (SSSR count). The van der Waals surface area contributed by atoms with Crippen molar-refractivity contribution < 1.29 is 56.4 Å². The van der Waals surface area contributed by atoms with Crippen LogP contribution in [-0.2, 0) is 50.3 Å². The number of aromatic nitrogens is 2. The van der Waals surface area contributed by atoms with Gasteiger partial charge >= 0.3 is 12.1 Å². The van der Waals surface area contributed by atoms with Crippen LogP contribution in [0.1, 0.15) is 84.3 Å². The van der Waals surface area contributed by atoms with Crippen LogP contribution >= 0.6 is 15.9 Å². The lowest BCUT2D eigenvalue weighted by molar-refractivity contribution is -0.153. The standard InChI is InChI=1S/C53H71BrN14O12S.C3H8/c1-35-32-57-50(60-47(35)59-38-11-9-12-41(29-38)81(76,77)63-53(2,3)4)68(39-18-20-40(21-19-39)78-28-27-66-22-7-8-23-66)51(74)64(5)25-26-65(6)52(75)79-34-36-14-16-37(17-15-36)58-46(71)33-56-48(72)43-13-10-24-67(43)49(73)42(30-44(55)69)61-80-62-45(70)31-54;1-3-2/h9,11-12,14-21,29,32,42-43,61,63H,7-8,10,13,22-28,30-31,33-34H2,1-6H3,(H2,55,69)(H,56,72)(H,58,71)(H,62,70)(H,57,59,60);3H2,1-2H3. The third-order valence-electron chi connectivity index (χ3n) is 12.6. The number of primary amides is 1. The summed E-state index contributed by atoms with van der Waals surface area (Å²) >= 11 is 2.95. The van der Waals surface area contributed by atoms with Crippen molar-refractivity contribution >= 4 is 96.4 Å². The number of hydrogen-bond donors (Lipinski definition) is 7. The molecule has 0 saturated carbocycles. The number of amides is 8. The molecule has 2 saturated heterocycles. The second-order valence-corrected chi connectivity index (χ2v) is 23.3. The van der Waals surface area contributed by atoms with Crippen LogP contribution in [0.15, 0.2) is 83.9 Å². The lowest BCUT2D eigenvalue weighted by Gasteiger charge is -2.28. The molecule has 2 unspecified atom stereocenters. The molecule has 2 fully saturated rings. The minimum Gasteiger partial charge on any atom is -0.492 e. The topological polar surface area (TPSA) is 321 Å². The number of benzene rings is 3. The quantitative estimate of drug-likeness (QED) is 0.0314. The maximum atomic E-state index is 14.5. The van der Waals surface area contributed by atoms with E-state index in [1.54, 1.807) is 102 Å². The van der Waals surface area contributed by atoms with Gasteiger partial charge in [0.15, 0.2) is 0 Å². The first kappa shape index (κ1) is 67.3. The fraction of sp³-hybridized carbons (Fsp3) is 0.482. The Morgan fingerprint density at radius 2 is 1.56 bits per heavy atom. The zero-order chi connectivity index (χ0) is 61.6. The molecule has 84 heavy (non-hydrogen) atoms. The Bertz CT molecular complexity index is 2980. The fourth-order valence-corrected chi connectivity index (χ4v) is 10.0. The highest BCUT2D eigenvalue weighted by atomic mass is 79.9. The number of nitrogens with zero attached hydrogens (tertiary/aromatic N) is 7. The summed E-state index contributed by atoms with van der Waals surface area (Å²) in [5.41, 5.74) is 11.4. The van der Waals surface area contributed by atoms with Gasteiger partial charge in [0.2, 0.25) is 39.6 Å². The van der Waals surface area contributed by atoms with Gasteiger partial charge in [-0.15, -0.1) is 0 Å². The van der Waals surface area contributed by atoms with Gasteiger partial charge < -0.3 is 45.9 Å². The Morgan fingerprint density at radius 1 is 0.881 bits per heavy atom. The van der Waals surface area contributed by atoms with Crippen LogP contribution in [0.4, 0.5) is 38.4 Å². The minimum atomic E-state index is -3.86. The molecular formula is C56H79BrN14O12S. The van der Waals surface area contributed by atoms with Gasteiger partial charge in [-0.1, -0.05) is 54.4 Å². The predicted octanol–water partition coefficient (Wildman–Crippen LogP) is 5.19. The molecule has 28 heteroatoms. The van der Waals surface area contributed by atoms with Gasteiger partial charge in [-0.05, 0) is 127 Å². The molecule has 0 radical (unpaired) electrons. The van der Waals surface area contributed by atoms with Gasteiger partial charge in [-0.25, -0.2) is 38.1 Å². The number of alkyl halides is 1. The van der Waals surface area contributed by atoms with Crippen molar-refractivity contribution in [3.05, 3.63) is 90.1 Å². The number of anilines is 5. The number of rotatable bonds is 26. The number of nitrogens with one attached hydrogen (secondary N) is 6. The van der Waals surface area contributed by atoms with E-state index in [1.165, 1.54) is 58.0 Å². The summed E-state index contributed by atoms with van der Waals surface area (Å²) in [4.78, 5) is 112. The molecule has 2 atom stereocenters. The SMILES string of the molecule is CCC.Cc1cnc(N(C(=O)N(C)CCN(C)C(=O)OCc2ccc(NC(=O)CNC(=O)C3CCCN3C(=O)C(CC(N)=O)NONC(=O)CBr)cc2)c2ccc(OCCN3CCCC3)cc2)nc1Nc1cccc(S(=O)(=O)NC(C)(C)C)c1. The summed E-state index contributed by atoms with van der Waals surface area (Å²) in [6.45, 7) is 14.5. The number of carbonyl (C=O) groups is 7. The highest BCUT2D eigenvalue weighted by molar-refractivity contribution is 9.09. The van der Waals surface area contributed by atoms with Crippen LogP contribution in [-0.4, -0.2) is 169 Å². The first-order chi connectivity index (χ1) is 39.9. The van der Waals surface area contributed by atoms with Crippen LogP contribution < -0.4 is 47.0 Å². The van der Waals surface area contributed by atoms with E-state index >= 15 is 0 Å². The molecule has 8 N–H and O–H groups in total. The summed E-state index contributed by atoms with van der Waals surface area (Å²) in [5.74, 6) is -2.24. The van der Waals surface area contributed by atoms with Gasteiger partial charge in [0, 0.05) is 68.9 Å². The van der Waals surface area contributed by atoms with Gasteiger partial charge in [-0.2, -0.15) is 15.4 Å². The van der Waals surface area contributed by atoms with E-state index in [-0.39, 0.29) is 42.4 Å². The van der Waals surface area contributed by atoms with Crippen LogP contribution in [0, 0.1) is 6.92 Å². The number of sulfonamides is 1. The van der Waals surface area contributed by atoms with Gasteiger partial charge in [0.05, 0.1) is 28.9 Å². The highest BCUT2D eigenvalue weighted by Gasteiger charge is 2.38. The minimum absolute atomic E-state index is 0.0160. The molecule has 1 aromatic heterocycles. The molecule has 8 amide bonds. The maximum absolute atomic E-state index is 14.5. The number of nitrogens with two attached hydrogens (primary N) is 1. The Labute approximate surface area is 499 Å². The van der Waals surface area contributed by atoms with Crippen molar-refractivity contribution in [2.75, 3.05) is 87.4 Å². The fourth-order valence-electron chi connectivity index (χ4n) is 8.46. The number of ether oxygens (including phenoxy) is 2. The van der Waals surface area contributed by atoms with Crippen LogP contribution in [0.25, 0.3) is 0 Å². The second kappa shape index (κ2) is 32.5. The number of likely N-dealkylation sites (tertiary alicyclic amines) is 2. The van der Waals surface area contributed by atoms with Crippen molar-refractivity contribution in [2.45, 2.75) is 109 Å². The molecular weight excluding hydrogens is 1170 g/mol. The summed E-state index contributed by atoms with van der Waals surface area (Å²) in [7, 11) is -0.748. The number of aryl methyl sites for hydroxylation is 1. The molecule has 4 aromatic rings. The zero-order valence-corrected chi connectivity index (χ0v) is 51.3. The predicted molar refractivity (Wildman–Crippen MR) is 320 cm³/mol. The van der Waals surface area contributed by atoms with Crippen LogP contribution in [0.2, 0.25) is 0 Å². The van der Waals surface area contributed by atoms with Crippen molar-refractivity contribution in [3.63, 3.8) is 0 Å². The summed E-state index contributed by atoms with van der Waals surface area (Å²) in [6, 6.07) is 17.0. The Kier molecular flexibility index (Phi) is 26.1. The number of carbonyl (C=O) groups excluding carboxylic acids is 7. The summed E-state index contributed by atoms with van der Waals surface area (Å²) in [5, 5.41) is 8.34. The van der Waals surface area contributed by atoms with Crippen LogP contribution in [0.3, 0.4) is 0 Å². The van der Waals surface area contributed by atoms with Crippen molar-refractivity contribution in [1.29, 1.82) is 0 Å². The smallest absolute Gasteiger partial charge is 0.409 e. The van der Waals surface area contributed by atoms with E-state index in [0.717, 1.165) is 19.6 Å². The zero-order valence-electron chi connectivity index (χ0n) is 48.9. The van der Waals surface area contributed by atoms with E-state index in [0.29, 0.717) is 59.2 Å². The number of halogens is 1. The maximum Gasteiger partial charge on any atom is 0.409 e.